The molecular formula is C25H34N6OS. The van der Waals surface area contributed by atoms with Crippen molar-refractivity contribution < 1.29 is 4.79 Å². The van der Waals surface area contributed by atoms with Gasteiger partial charge in [0.25, 0.3) is 0 Å². The first-order valence-electron chi connectivity index (χ1n) is 12.1. The first kappa shape index (κ1) is 23.7. The van der Waals surface area contributed by atoms with Crippen LogP contribution in [0.5, 0.6) is 0 Å². The molecule has 0 radical (unpaired) electrons. The van der Waals surface area contributed by atoms with E-state index in [2.05, 4.69) is 40.0 Å². The van der Waals surface area contributed by atoms with Crippen LogP contribution in [0.4, 0.5) is 10.8 Å². The molecule has 1 saturated heterocycles. The van der Waals surface area contributed by atoms with Gasteiger partial charge in [-0.25, -0.2) is 9.97 Å². The molecule has 0 unspecified atom stereocenters. The SMILES string of the molecule is Cc1cc(N2CCN([C@@H](C)C(=O)Nc3sc4c(c3C#N)CCCCC4)CC2)nc(C(C)C)n1. The lowest BCUT2D eigenvalue weighted by molar-refractivity contribution is -0.120. The standard InChI is InChI=1S/C25H34N6OS/c1-16(2)23-27-17(3)14-22(28-23)31-12-10-30(11-13-31)18(4)24(32)29-25-20(15-26)19-8-6-5-7-9-21(19)33-25/h14,16,18H,5-13H2,1-4H3,(H,29,32)/t18-/m0/s1. The number of rotatable bonds is 5. The molecule has 2 aromatic rings. The van der Waals surface area contributed by atoms with Crippen molar-refractivity contribution in [3.8, 4) is 6.07 Å². The molecule has 2 aromatic heterocycles. The van der Waals surface area contributed by atoms with Crippen LogP contribution in [-0.2, 0) is 17.6 Å². The highest BCUT2D eigenvalue weighted by atomic mass is 32.1. The minimum absolute atomic E-state index is 0.0312. The zero-order chi connectivity index (χ0) is 23.5. The van der Waals surface area contributed by atoms with Gasteiger partial charge in [0.1, 0.15) is 22.7 Å². The van der Waals surface area contributed by atoms with Gasteiger partial charge in [0.15, 0.2) is 0 Å². The van der Waals surface area contributed by atoms with Crippen molar-refractivity contribution in [3.63, 3.8) is 0 Å². The highest BCUT2D eigenvalue weighted by Crippen LogP contribution is 2.37. The van der Waals surface area contributed by atoms with Gasteiger partial charge >= 0.3 is 0 Å². The third-order valence-corrected chi connectivity index (χ3v) is 7.92. The molecule has 1 atom stereocenters. The Hall–Kier alpha value is -2.50. The molecule has 0 saturated carbocycles. The highest BCUT2D eigenvalue weighted by Gasteiger charge is 2.28. The fourth-order valence-corrected chi connectivity index (χ4v) is 5.91. The Bertz CT molecular complexity index is 1050. The number of amides is 1. The Labute approximate surface area is 200 Å². The summed E-state index contributed by atoms with van der Waals surface area (Å²) in [5.74, 6) is 2.11. The number of piperazine rings is 1. The minimum Gasteiger partial charge on any atom is -0.354 e. The number of fused-ring (bicyclic) bond motifs is 1. The predicted molar refractivity (Wildman–Crippen MR) is 133 cm³/mol. The van der Waals surface area contributed by atoms with Crippen LogP contribution in [0.1, 0.15) is 73.5 Å². The van der Waals surface area contributed by atoms with Crippen LogP contribution in [0.3, 0.4) is 0 Å². The molecule has 4 rings (SSSR count). The zero-order valence-electron chi connectivity index (χ0n) is 20.1. The van der Waals surface area contributed by atoms with E-state index in [1.165, 1.54) is 11.3 Å². The summed E-state index contributed by atoms with van der Waals surface area (Å²) in [6.07, 6.45) is 5.46. The molecule has 2 aliphatic rings. The summed E-state index contributed by atoms with van der Waals surface area (Å²) in [6, 6.07) is 4.15. The van der Waals surface area contributed by atoms with Gasteiger partial charge < -0.3 is 10.2 Å². The zero-order valence-corrected chi connectivity index (χ0v) is 21.0. The van der Waals surface area contributed by atoms with Crippen LogP contribution in [0.2, 0.25) is 0 Å². The van der Waals surface area contributed by atoms with Crippen molar-refractivity contribution in [2.75, 3.05) is 36.4 Å². The molecule has 1 fully saturated rings. The number of thiophene rings is 1. The molecule has 176 valence electrons. The number of nitrogens with one attached hydrogen (secondary N) is 1. The van der Waals surface area contributed by atoms with E-state index < -0.39 is 0 Å². The van der Waals surface area contributed by atoms with Crippen LogP contribution in [0.25, 0.3) is 0 Å². The average Bonchev–Trinajstić information content (AvgIpc) is 2.96. The number of carbonyl (C=O) groups excluding carboxylic acids is 1. The van der Waals surface area contributed by atoms with Crippen LogP contribution >= 0.6 is 11.3 Å². The smallest absolute Gasteiger partial charge is 0.242 e. The second kappa shape index (κ2) is 10.2. The molecule has 0 spiro atoms. The number of aryl methyl sites for hydroxylation is 2. The second-order valence-electron chi connectivity index (χ2n) is 9.45. The number of nitriles is 1. The van der Waals surface area contributed by atoms with Gasteiger partial charge in [0, 0.05) is 48.7 Å². The fourth-order valence-electron chi connectivity index (χ4n) is 4.66. The van der Waals surface area contributed by atoms with Crippen LogP contribution < -0.4 is 10.2 Å². The maximum absolute atomic E-state index is 13.1. The number of hydrogen-bond donors (Lipinski definition) is 1. The van der Waals surface area contributed by atoms with Gasteiger partial charge in [-0.2, -0.15) is 5.26 Å². The first-order valence-corrected chi connectivity index (χ1v) is 12.9. The summed E-state index contributed by atoms with van der Waals surface area (Å²) >= 11 is 1.60. The summed E-state index contributed by atoms with van der Waals surface area (Å²) in [5.41, 5.74) is 2.83. The normalized spacial score (nSPS) is 17.9. The van der Waals surface area contributed by atoms with Crippen molar-refractivity contribution in [2.24, 2.45) is 0 Å². The molecule has 1 aliphatic heterocycles. The molecule has 1 N–H and O–H groups in total. The van der Waals surface area contributed by atoms with E-state index in [1.807, 2.05) is 19.9 Å². The molecule has 33 heavy (non-hydrogen) atoms. The molecule has 1 aliphatic carbocycles. The van der Waals surface area contributed by atoms with E-state index in [9.17, 15) is 10.1 Å². The van der Waals surface area contributed by atoms with E-state index in [-0.39, 0.29) is 11.9 Å². The average molecular weight is 467 g/mol. The van der Waals surface area contributed by atoms with Crippen molar-refractivity contribution >= 4 is 28.1 Å². The molecule has 7 nitrogen and oxygen atoms in total. The number of nitrogens with zero attached hydrogens (tertiary/aromatic N) is 5. The Kier molecular flexibility index (Phi) is 7.30. The van der Waals surface area contributed by atoms with E-state index in [1.54, 1.807) is 11.3 Å². The van der Waals surface area contributed by atoms with Crippen molar-refractivity contribution in [2.45, 2.75) is 71.8 Å². The quantitative estimate of drug-likeness (QED) is 0.663. The summed E-state index contributed by atoms with van der Waals surface area (Å²) in [5, 5.41) is 13.6. The third kappa shape index (κ3) is 5.20. The van der Waals surface area contributed by atoms with Gasteiger partial charge in [-0.1, -0.05) is 20.3 Å². The van der Waals surface area contributed by atoms with Gasteiger partial charge in [0.2, 0.25) is 5.91 Å². The van der Waals surface area contributed by atoms with Gasteiger partial charge in [-0.15, -0.1) is 11.3 Å². The summed E-state index contributed by atoms with van der Waals surface area (Å²) in [6.45, 7) is 11.4. The lowest BCUT2D eigenvalue weighted by Crippen LogP contribution is -2.53. The van der Waals surface area contributed by atoms with Gasteiger partial charge in [-0.3, -0.25) is 9.69 Å². The molecule has 0 aromatic carbocycles. The van der Waals surface area contributed by atoms with Crippen LogP contribution in [0.15, 0.2) is 6.07 Å². The highest BCUT2D eigenvalue weighted by molar-refractivity contribution is 7.16. The topological polar surface area (TPSA) is 85.1 Å². The molecular weight excluding hydrogens is 432 g/mol. The fraction of sp³-hybridized carbons (Fsp3) is 0.600. The number of aromatic nitrogens is 2. The van der Waals surface area contributed by atoms with Crippen molar-refractivity contribution in [1.82, 2.24) is 14.9 Å². The first-order chi connectivity index (χ1) is 15.9. The summed E-state index contributed by atoms with van der Waals surface area (Å²) in [7, 11) is 0. The van der Waals surface area contributed by atoms with Crippen LogP contribution in [0, 0.1) is 18.3 Å². The number of hydrogen-bond acceptors (Lipinski definition) is 7. The lowest BCUT2D eigenvalue weighted by atomic mass is 10.1. The molecule has 3 heterocycles. The van der Waals surface area contributed by atoms with Gasteiger partial charge in [-0.05, 0) is 45.1 Å². The van der Waals surface area contributed by atoms with E-state index in [0.29, 0.717) is 11.5 Å². The molecule has 8 heteroatoms. The Morgan fingerprint density at radius 3 is 2.55 bits per heavy atom. The maximum atomic E-state index is 13.1. The van der Waals surface area contributed by atoms with E-state index in [0.717, 1.165) is 79.8 Å². The molecule has 0 bridgehead atoms. The van der Waals surface area contributed by atoms with Gasteiger partial charge in [0.05, 0.1) is 11.6 Å². The van der Waals surface area contributed by atoms with E-state index >= 15 is 0 Å². The van der Waals surface area contributed by atoms with E-state index in [4.69, 9.17) is 4.98 Å². The third-order valence-electron chi connectivity index (χ3n) is 6.71. The second-order valence-corrected chi connectivity index (χ2v) is 10.6. The monoisotopic (exact) mass is 466 g/mol. The Balaban J connectivity index is 1.39. The minimum atomic E-state index is -0.251. The Morgan fingerprint density at radius 2 is 1.85 bits per heavy atom. The summed E-state index contributed by atoms with van der Waals surface area (Å²) < 4.78 is 0. The number of carbonyl (C=O) groups is 1. The maximum Gasteiger partial charge on any atom is 0.242 e. The van der Waals surface area contributed by atoms with Crippen LogP contribution in [-0.4, -0.2) is 53.0 Å². The number of anilines is 2. The lowest BCUT2D eigenvalue weighted by Gasteiger charge is -2.38. The van der Waals surface area contributed by atoms with Crippen molar-refractivity contribution in [1.29, 1.82) is 5.26 Å². The largest absolute Gasteiger partial charge is 0.354 e. The predicted octanol–water partition coefficient (Wildman–Crippen LogP) is 4.26. The molecule has 1 amide bonds. The Morgan fingerprint density at radius 1 is 1.12 bits per heavy atom. The van der Waals surface area contributed by atoms with Crippen molar-refractivity contribution in [3.05, 3.63) is 33.6 Å². The summed E-state index contributed by atoms with van der Waals surface area (Å²) in [4.78, 5) is 28.2.